The minimum atomic E-state index is -1.25. The molecule has 6 aromatic carbocycles. The molecule has 19 heteroatoms. The highest BCUT2D eigenvalue weighted by Crippen LogP contribution is 2.35. The Morgan fingerprint density at radius 3 is 1.36 bits per heavy atom. The molecule has 2 aliphatic heterocycles. The van der Waals surface area contributed by atoms with Gasteiger partial charge in [-0.3, -0.25) is 25.2 Å². The highest BCUT2D eigenvalue weighted by Gasteiger charge is 2.34. The number of carboxylic acid groups (broad SMARTS) is 1. The van der Waals surface area contributed by atoms with Gasteiger partial charge in [-0.05, 0) is 90.1 Å². The van der Waals surface area contributed by atoms with E-state index in [1.165, 1.54) is 0 Å². The number of benzene rings is 6. The molecule has 0 bridgehead atoms. The highest BCUT2D eigenvalue weighted by atomic mass is 16.5. The number of nitrogens with zero attached hydrogens (tertiary/aromatic N) is 6. The molecule has 8 aromatic rings. The lowest BCUT2D eigenvalue weighted by Crippen LogP contribution is -2.38. The van der Waals surface area contributed by atoms with Gasteiger partial charge in [0.25, 0.3) is 0 Å². The zero-order valence-electron chi connectivity index (χ0n) is 46.7. The van der Waals surface area contributed by atoms with Crippen LogP contribution in [0, 0.1) is 13.8 Å². The van der Waals surface area contributed by atoms with Crippen molar-refractivity contribution in [3.05, 3.63) is 156 Å². The maximum absolute atomic E-state index is 13.3. The first-order valence-corrected chi connectivity index (χ1v) is 27.2. The molecule has 2 aromatic heterocycles. The Labute approximate surface area is 471 Å². The molecule has 10 rings (SSSR count). The van der Waals surface area contributed by atoms with Gasteiger partial charge in [0, 0.05) is 72.9 Å². The lowest BCUT2D eigenvalue weighted by Gasteiger charge is -2.26. The summed E-state index contributed by atoms with van der Waals surface area (Å²) >= 11 is 0. The summed E-state index contributed by atoms with van der Waals surface area (Å²) in [5.41, 5.74) is 3.74. The molecule has 19 nitrogen and oxygen atoms in total. The van der Waals surface area contributed by atoms with Crippen LogP contribution in [0.3, 0.4) is 0 Å². The summed E-state index contributed by atoms with van der Waals surface area (Å²) in [6.45, 7) is 20.1. The maximum Gasteiger partial charge on any atom is 0.324 e. The number of morpholine rings is 2. The van der Waals surface area contributed by atoms with E-state index in [4.69, 9.17) is 18.9 Å². The van der Waals surface area contributed by atoms with Gasteiger partial charge in [-0.15, -0.1) is 0 Å². The van der Waals surface area contributed by atoms with E-state index < -0.39 is 28.9 Å². The zero-order valence-corrected chi connectivity index (χ0v) is 46.7. The molecule has 4 amide bonds. The van der Waals surface area contributed by atoms with Gasteiger partial charge in [-0.1, -0.05) is 83.9 Å². The van der Waals surface area contributed by atoms with Gasteiger partial charge >= 0.3 is 18.0 Å². The van der Waals surface area contributed by atoms with E-state index in [2.05, 4.69) is 41.3 Å². The molecule has 0 unspecified atom stereocenters. The van der Waals surface area contributed by atoms with Crippen molar-refractivity contribution in [3.8, 4) is 22.9 Å². The summed E-state index contributed by atoms with van der Waals surface area (Å²) in [4.78, 5) is 54.8. The molecule has 2 fully saturated rings. The molecule has 2 aliphatic rings. The molecular formula is C62H70N10O9. The van der Waals surface area contributed by atoms with Crippen molar-refractivity contribution in [2.45, 2.75) is 52.4 Å². The number of ether oxygens (including phenoxy) is 4. The zero-order chi connectivity index (χ0) is 57.1. The van der Waals surface area contributed by atoms with Crippen LogP contribution in [-0.4, -0.2) is 138 Å². The third kappa shape index (κ3) is 14.1. The minimum Gasteiger partial charge on any atom is -0.492 e. The first-order valence-electron chi connectivity index (χ1n) is 27.2. The highest BCUT2D eigenvalue weighted by molar-refractivity contribution is 6.08. The molecule has 0 saturated carbocycles. The largest absolute Gasteiger partial charge is 0.492 e. The predicted molar refractivity (Wildman–Crippen MR) is 315 cm³/mol. The second-order valence-electron chi connectivity index (χ2n) is 21.2. The number of carbonyl (C=O) groups excluding carboxylic acids is 3. The molecule has 0 aliphatic carbocycles. The van der Waals surface area contributed by atoms with Crippen LogP contribution in [-0.2, 0) is 29.9 Å². The van der Waals surface area contributed by atoms with Crippen LogP contribution in [0.2, 0.25) is 0 Å². The van der Waals surface area contributed by atoms with Crippen molar-refractivity contribution in [1.29, 1.82) is 0 Å². The van der Waals surface area contributed by atoms with E-state index in [0.29, 0.717) is 53.3 Å². The van der Waals surface area contributed by atoms with Crippen LogP contribution in [0.15, 0.2) is 133 Å². The Bertz CT molecular complexity index is 3490. The number of amides is 4. The number of anilines is 4. The Kier molecular flexibility index (Phi) is 18.1. The van der Waals surface area contributed by atoms with Crippen LogP contribution >= 0.6 is 0 Å². The van der Waals surface area contributed by atoms with Gasteiger partial charge in [0.2, 0.25) is 0 Å². The summed E-state index contributed by atoms with van der Waals surface area (Å²) in [6.07, 6.45) is 0.857. The summed E-state index contributed by atoms with van der Waals surface area (Å²) in [7, 11) is 0. The first-order chi connectivity index (χ1) is 39.1. The van der Waals surface area contributed by atoms with Gasteiger partial charge in [0.05, 0.1) is 66.0 Å². The normalized spacial score (nSPS) is 14.1. The van der Waals surface area contributed by atoms with Crippen LogP contribution in [0.4, 0.5) is 32.6 Å². The molecule has 422 valence electrons. The molecule has 4 heterocycles. The Morgan fingerprint density at radius 1 is 0.556 bits per heavy atom. The Morgan fingerprint density at radius 2 is 0.951 bits per heavy atom. The van der Waals surface area contributed by atoms with Gasteiger partial charge in [-0.2, -0.15) is 10.2 Å². The maximum atomic E-state index is 13.3. The second kappa shape index (κ2) is 25.7. The van der Waals surface area contributed by atoms with Crippen molar-refractivity contribution in [1.82, 2.24) is 29.4 Å². The van der Waals surface area contributed by atoms with E-state index in [1.54, 1.807) is 49.2 Å². The average Bonchev–Trinajstić information content (AvgIpc) is 4.11. The number of carbonyl (C=O) groups is 4. The fraction of sp³-hybridized carbons (Fsp3) is 0.323. The van der Waals surface area contributed by atoms with Crippen molar-refractivity contribution >= 4 is 68.9 Å². The number of urea groups is 2. The van der Waals surface area contributed by atoms with E-state index in [-0.39, 0.29) is 0 Å². The standard InChI is InChI=1S/C31H35N5O5.C31H35N5O4/c1-21-8-10-22(11-9-21)36-28(20-27(34-36)31(2,3)29(37)38)33-30(39)32-25-12-13-26(24-7-5-4-6-23(24)25)41-19-16-35-14-17-40-18-15-35;1-22-8-10-23(11-9-22)36-29(20-28(34-36)31(2,3)21-37)33-30(38)32-26-12-13-27(25-7-5-4-6-24(25)26)40-19-16-35-14-17-39-18-15-35/h4-13,20H,14-19H2,1-3H3,(H,37,38)(H2,32,33,39);4-13,20-21H,14-19H2,1-3H3,(H2,32,33,38). The summed E-state index contributed by atoms with van der Waals surface area (Å²) in [5, 5.41) is 34.2. The number of aldehydes is 1. The van der Waals surface area contributed by atoms with E-state index in [9.17, 15) is 24.3 Å². The number of aliphatic carboxylic acids is 1. The van der Waals surface area contributed by atoms with Crippen molar-refractivity contribution in [2.24, 2.45) is 0 Å². The number of carboxylic acids is 1. The minimum absolute atomic E-state index is 0.324. The van der Waals surface area contributed by atoms with Crippen molar-refractivity contribution in [3.63, 3.8) is 0 Å². The molecule has 81 heavy (non-hydrogen) atoms. The number of fused-ring (bicyclic) bond motifs is 2. The third-order valence-electron chi connectivity index (χ3n) is 14.4. The molecule has 0 atom stereocenters. The van der Waals surface area contributed by atoms with E-state index >= 15 is 0 Å². The van der Waals surface area contributed by atoms with E-state index in [0.717, 1.165) is 122 Å². The summed E-state index contributed by atoms with van der Waals surface area (Å²) in [5.74, 6) is 1.31. The SMILES string of the molecule is Cc1ccc(-n2nc(C(C)(C)C(=O)O)cc2NC(=O)Nc2ccc(OCCN3CCOCC3)c3ccccc23)cc1.Cc1ccc(-n2nc(C(C)(C)C=O)cc2NC(=O)Nc2ccc(OCCN3CCOCC3)c3ccccc23)cc1. The second-order valence-corrected chi connectivity index (χ2v) is 21.2. The number of hydrogen-bond donors (Lipinski definition) is 5. The molecule has 5 N–H and O–H groups in total. The molecule has 0 radical (unpaired) electrons. The lowest BCUT2D eigenvalue weighted by molar-refractivity contribution is -0.142. The number of hydrogen-bond acceptors (Lipinski definition) is 12. The number of aryl methyl sites for hydroxylation is 2. The van der Waals surface area contributed by atoms with E-state index in [1.807, 2.05) is 135 Å². The van der Waals surface area contributed by atoms with Crippen LogP contribution in [0.5, 0.6) is 11.5 Å². The molecule has 0 spiro atoms. The Hall–Kier alpha value is -8.62. The topological polar surface area (TPSA) is 216 Å². The first kappa shape index (κ1) is 57.1. The lowest BCUT2D eigenvalue weighted by atomic mass is 9.90. The summed E-state index contributed by atoms with van der Waals surface area (Å²) < 4.78 is 26.3. The van der Waals surface area contributed by atoms with Gasteiger partial charge < -0.3 is 39.5 Å². The fourth-order valence-corrected chi connectivity index (χ4v) is 9.27. The molecule has 2 saturated heterocycles. The van der Waals surface area contributed by atoms with Crippen LogP contribution in [0.1, 0.15) is 50.2 Å². The average molecular weight is 1100 g/mol. The number of rotatable bonds is 18. The monoisotopic (exact) mass is 1100 g/mol. The molecular weight excluding hydrogens is 1030 g/mol. The third-order valence-corrected chi connectivity index (χ3v) is 14.4. The summed E-state index contributed by atoms with van der Waals surface area (Å²) in [6, 6.07) is 40.8. The quantitative estimate of drug-likeness (QED) is 0.0506. The van der Waals surface area contributed by atoms with Crippen LogP contribution in [0.25, 0.3) is 32.9 Å². The Balaban J connectivity index is 0.000000196. The predicted octanol–water partition coefficient (Wildman–Crippen LogP) is 10.2. The van der Waals surface area contributed by atoms with Gasteiger partial charge in [-0.25, -0.2) is 19.0 Å². The fourth-order valence-electron chi connectivity index (χ4n) is 9.27. The van der Waals surface area contributed by atoms with Gasteiger partial charge in [0.1, 0.15) is 48.0 Å². The smallest absolute Gasteiger partial charge is 0.324 e. The van der Waals surface area contributed by atoms with Crippen LogP contribution < -0.4 is 30.7 Å². The number of nitrogens with one attached hydrogen (secondary N) is 4. The van der Waals surface area contributed by atoms with Crippen molar-refractivity contribution < 1.29 is 43.2 Å². The van der Waals surface area contributed by atoms with Crippen molar-refractivity contribution in [2.75, 3.05) is 100 Å². The van der Waals surface area contributed by atoms with Gasteiger partial charge in [0.15, 0.2) is 0 Å². The number of aromatic nitrogens is 4.